The summed E-state index contributed by atoms with van der Waals surface area (Å²) in [5.74, 6) is 3.44. The molecule has 27 heavy (non-hydrogen) atoms. The van der Waals surface area contributed by atoms with Crippen LogP contribution in [0.15, 0.2) is 6.07 Å². The molecule has 2 saturated heterocycles. The van der Waals surface area contributed by atoms with E-state index in [1.807, 2.05) is 0 Å². The van der Waals surface area contributed by atoms with Crippen molar-refractivity contribution in [2.24, 2.45) is 5.92 Å². The molecule has 0 aliphatic carbocycles. The molecule has 0 bridgehead atoms. The third kappa shape index (κ3) is 5.43. The van der Waals surface area contributed by atoms with Crippen LogP contribution in [0.1, 0.15) is 59.3 Å². The molecule has 0 saturated carbocycles. The van der Waals surface area contributed by atoms with Gasteiger partial charge in [0.25, 0.3) is 0 Å². The lowest BCUT2D eigenvalue weighted by atomic mass is 9.99. The number of hydrogen-bond acceptors (Lipinski definition) is 5. The average molecular weight is 391 g/mol. The average Bonchev–Trinajstić information content (AvgIpc) is 2.67. The van der Waals surface area contributed by atoms with Crippen LogP contribution in [0.5, 0.6) is 0 Å². The number of nitrogens with one attached hydrogen (secondary N) is 2. The van der Waals surface area contributed by atoms with Gasteiger partial charge in [-0.15, -0.1) is 0 Å². The van der Waals surface area contributed by atoms with Gasteiger partial charge in [-0.1, -0.05) is 13.8 Å². The van der Waals surface area contributed by atoms with Crippen LogP contribution in [0.4, 0.5) is 17.6 Å². The highest BCUT2D eigenvalue weighted by Gasteiger charge is 2.23. The monoisotopic (exact) mass is 390 g/mol. The first-order valence-corrected chi connectivity index (χ1v) is 10.9. The van der Waals surface area contributed by atoms with Gasteiger partial charge in [-0.25, -0.2) is 0 Å². The number of nitrogens with zero attached hydrogens (tertiary/aromatic N) is 4. The highest BCUT2D eigenvalue weighted by atomic mass is 32.1. The van der Waals surface area contributed by atoms with Gasteiger partial charge in [-0.3, -0.25) is 0 Å². The molecule has 3 rings (SSSR count). The van der Waals surface area contributed by atoms with Gasteiger partial charge in [0.05, 0.1) is 0 Å². The summed E-state index contributed by atoms with van der Waals surface area (Å²) in [6.07, 6.45) is 7.22. The van der Waals surface area contributed by atoms with Crippen LogP contribution in [0, 0.1) is 5.92 Å². The summed E-state index contributed by atoms with van der Waals surface area (Å²) in [7, 11) is 0. The summed E-state index contributed by atoms with van der Waals surface area (Å²) in [5, 5.41) is 7.01. The number of rotatable bonds is 5. The van der Waals surface area contributed by atoms with Crippen molar-refractivity contribution in [3.05, 3.63) is 6.07 Å². The lowest BCUT2D eigenvalue weighted by Crippen LogP contribution is -2.39. The normalized spacial score (nSPS) is 21.2. The molecule has 1 atom stereocenters. The summed E-state index contributed by atoms with van der Waals surface area (Å²) in [4.78, 5) is 14.4. The second-order valence-corrected chi connectivity index (χ2v) is 8.40. The molecule has 1 aromatic rings. The van der Waals surface area contributed by atoms with Gasteiger partial charge in [-0.2, -0.15) is 9.97 Å². The van der Waals surface area contributed by atoms with E-state index in [4.69, 9.17) is 22.2 Å². The van der Waals surface area contributed by atoms with E-state index in [-0.39, 0.29) is 0 Å². The van der Waals surface area contributed by atoms with E-state index in [2.05, 4.69) is 47.3 Å². The van der Waals surface area contributed by atoms with Gasteiger partial charge in [0.2, 0.25) is 5.95 Å². The third-order valence-electron chi connectivity index (χ3n) is 5.66. The third-order valence-corrected chi connectivity index (χ3v) is 5.91. The van der Waals surface area contributed by atoms with Crippen molar-refractivity contribution in [2.45, 2.75) is 65.3 Å². The molecule has 0 amide bonds. The Hall–Kier alpha value is -1.63. The van der Waals surface area contributed by atoms with Gasteiger partial charge in [0.15, 0.2) is 5.11 Å². The predicted octanol–water partition coefficient (Wildman–Crippen LogP) is 3.79. The molecule has 6 nitrogen and oxygen atoms in total. The van der Waals surface area contributed by atoms with Crippen LogP contribution < -0.4 is 20.4 Å². The molecule has 0 aromatic carbocycles. The molecule has 2 fully saturated rings. The standard InChI is InChI=1S/C20H34N6S/c1-4-10-21-20(27)24-19-22-17(25-12-8-15(2)9-13-25)14-18(23-19)26-11-6-5-7-16(26)3/h14-16H,4-13H2,1-3H3,(H2,21,22,23,24,27)/t16-/m0/s1. The molecule has 150 valence electrons. The van der Waals surface area contributed by atoms with Crippen LogP contribution in [-0.4, -0.2) is 47.3 Å². The zero-order valence-electron chi connectivity index (χ0n) is 17.0. The topological polar surface area (TPSA) is 56.3 Å². The van der Waals surface area contributed by atoms with E-state index in [1.165, 1.54) is 32.1 Å². The SMILES string of the molecule is CCCNC(=S)Nc1nc(N2CCC(C)CC2)cc(N2CCCC[C@@H]2C)n1. The maximum atomic E-state index is 5.41. The first-order chi connectivity index (χ1) is 13.1. The second-order valence-electron chi connectivity index (χ2n) is 8.00. The Morgan fingerprint density at radius 2 is 1.85 bits per heavy atom. The van der Waals surface area contributed by atoms with Gasteiger partial charge in [-0.05, 0) is 63.6 Å². The predicted molar refractivity (Wildman–Crippen MR) is 118 cm³/mol. The maximum absolute atomic E-state index is 5.41. The Bertz CT molecular complexity index is 629. The molecular formula is C20H34N6S. The highest BCUT2D eigenvalue weighted by molar-refractivity contribution is 7.80. The molecule has 3 heterocycles. The fraction of sp³-hybridized carbons (Fsp3) is 0.750. The lowest BCUT2D eigenvalue weighted by Gasteiger charge is -2.36. The van der Waals surface area contributed by atoms with Crippen molar-refractivity contribution < 1.29 is 0 Å². The molecule has 7 heteroatoms. The summed E-state index contributed by atoms with van der Waals surface area (Å²) in [6, 6.07) is 2.69. The Balaban J connectivity index is 1.84. The molecule has 2 aliphatic heterocycles. The Kier molecular flexibility index (Phi) is 7.10. The van der Waals surface area contributed by atoms with Gasteiger partial charge in [0.1, 0.15) is 11.6 Å². The van der Waals surface area contributed by atoms with Crippen LogP contribution in [0.2, 0.25) is 0 Å². The fourth-order valence-electron chi connectivity index (χ4n) is 3.85. The molecule has 2 aliphatic rings. The van der Waals surface area contributed by atoms with Crippen LogP contribution >= 0.6 is 12.2 Å². The molecule has 0 unspecified atom stereocenters. The smallest absolute Gasteiger partial charge is 0.232 e. The Morgan fingerprint density at radius 3 is 2.56 bits per heavy atom. The Morgan fingerprint density at radius 1 is 1.11 bits per heavy atom. The number of piperidine rings is 2. The van der Waals surface area contributed by atoms with Crippen molar-refractivity contribution >= 4 is 34.9 Å². The highest BCUT2D eigenvalue weighted by Crippen LogP contribution is 2.29. The molecule has 1 aromatic heterocycles. The maximum Gasteiger partial charge on any atom is 0.232 e. The van der Waals surface area contributed by atoms with Crippen molar-refractivity contribution in [1.29, 1.82) is 0 Å². The molecular weight excluding hydrogens is 356 g/mol. The fourth-order valence-corrected chi connectivity index (χ4v) is 4.04. The first kappa shape index (κ1) is 20.1. The summed E-state index contributed by atoms with van der Waals surface area (Å²) in [5.41, 5.74) is 0. The molecule has 0 radical (unpaired) electrons. The van der Waals surface area contributed by atoms with Gasteiger partial charge < -0.3 is 20.4 Å². The summed E-state index contributed by atoms with van der Waals surface area (Å²) >= 11 is 5.41. The van der Waals surface area contributed by atoms with Gasteiger partial charge in [0, 0.05) is 38.3 Å². The number of aromatic nitrogens is 2. The van der Waals surface area contributed by atoms with E-state index < -0.39 is 0 Å². The zero-order valence-corrected chi connectivity index (χ0v) is 17.8. The molecule has 0 spiro atoms. The van der Waals surface area contributed by atoms with Crippen molar-refractivity contribution in [1.82, 2.24) is 15.3 Å². The zero-order chi connectivity index (χ0) is 19.2. The van der Waals surface area contributed by atoms with E-state index in [0.717, 1.165) is 50.2 Å². The number of thiocarbonyl (C=S) groups is 1. The van der Waals surface area contributed by atoms with E-state index >= 15 is 0 Å². The first-order valence-electron chi connectivity index (χ1n) is 10.5. The van der Waals surface area contributed by atoms with Crippen molar-refractivity contribution in [2.75, 3.05) is 41.3 Å². The van der Waals surface area contributed by atoms with Crippen molar-refractivity contribution in [3.8, 4) is 0 Å². The largest absolute Gasteiger partial charge is 0.362 e. The summed E-state index contributed by atoms with van der Waals surface area (Å²) in [6.45, 7) is 10.8. The minimum atomic E-state index is 0.515. The van der Waals surface area contributed by atoms with Crippen LogP contribution in [0.3, 0.4) is 0 Å². The van der Waals surface area contributed by atoms with E-state index in [0.29, 0.717) is 17.1 Å². The molecule has 2 N–H and O–H groups in total. The Labute approximate surface area is 169 Å². The summed E-state index contributed by atoms with van der Waals surface area (Å²) < 4.78 is 0. The van der Waals surface area contributed by atoms with Crippen LogP contribution in [-0.2, 0) is 0 Å². The van der Waals surface area contributed by atoms with Gasteiger partial charge >= 0.3 is 0 Å². The van der Waals surface area contributed by atoms with Crippen molar-refractivity contribution in [3.63, 3.8) is 0 Å². The number of hydrogen-bond donors (Lipinski definition) is 2. The minimum absolute atomic E-state index is 0.515. The van der Waals surface area contributed by atoms with E-state index in [1.54, 1.807) is 0 Å². The van der Waals surface area contributed by atoms with E-state index in [9.17, 15) is 0 Å². The van der Waals surface area contributed by atoms with Crippen LogP contribution in [0.25, 0.3) is 0 Å². The lowest BCUT2D eigenvalue weighted by molar-refractivity contribution is 0.436. The quantitative estimate of drug-likeness (QED) is 0.742. The second kappa shape index (κ2) is 9.53. The minimum Gasteiger partial charge on any atom is -0.362 e. The number of anilines is 3.